The van der Waals surface area contributed by atoms with Crippen molar-refractivity contribution in [1.29, 1.82) is 0 Å². The predicted octanol–water partition coefficient (Wildman–Crippen LogP) is -0.497. The van der Waals surface area contributed by atoms with Crippen LogP contribution >= 0.6 is 0 Å². The molecule has 4 nitrogen and oxygen atoms in total. The van der Waals surface area contributed by atoms with Gasteiger partial charge in [0.15, 0.2) is 0 Å². The van der Waals surface area contributed by atoms with Gasteiger partial charge in [-0.25, -0.2) is 4.68 Å². The van der Waals surface area contributed by atoms with Gasteiger partial charge >= 0.3 is 0 Å². The van der Waals surface area contributed by atoms with Crippen LogP contribution in [0, 0.1) is 6.92 Å². The lowest BCUT2D eigenvalue weighted by Crippen LogP contribution is -2.06. The SMILES string of the molecule is Cc1cn(CN)nn1. The Kier molecular flexibility index (Phi) is 1.26. The van der Waals surface area contributed by atoms with Crippen LogP contribution in [0.1, 0.15) is 5.69 Å². The molecule has 0 spiro atoms. The normalized spacial score (nSPS) is 9.75. The first kappa shape index (κ1) is 5.24. The van der Waals surface area contributed by atoms with E-state index in [0.717, 1.165) is 5.69 Å². The summed E-state index contributed by atoms with van der Waals surface area (Å²) in [5.74, 6) is 0. The predicted molar refractivity (Wildman–Crippen MR) is 28.9 cm³/mol. The number of rotatable bonds is 1. The fourth-order valence-corrected chi connectivity index (χ4v) is 0.485. The molecular weight excluding hydrogens is 104 g/mol. The van der Waals surface area contributed by atoms with E-state index in [9.17, 15) is 0 Å². The Labute approximate surface area is 47.3 Å². The zero-order chi connectivity index (χ0) is 5.98. The van der Waals surface area contributed by atoms with Crippen molar-refractivity contribution in [2.24, 2.45) is 5.73 Å². The van der Waals surface area contributed by atoms with Gasteiger partial charge in [-0.3, -0.25) is 0 Å². The van der Waals surface area contributed by atoms with Crippen molar-refractivity contribution in [2.45, 2.75) is 13.6 Å². The number of hydrogen-bond acceptors (Lipinski definition) is 3. The van der Waals surface area contributed by atoms with Crippen molar-refractivity contribution in [3.8, 4) is 0 Å². The molecule has 0 unspecified atom stereocenters. The van der Waals surface area contributed by atoms with E-state index in [1.807, 2.05) is 6.92 Å². The minimum Gasteiger partial charge on any atom is -0.312 e. The minimum atomic E-state index is 0.404. The Hall–Kier alpha value is -0.900. The van der Waals surface area contributed by atoms with E-state index in [2.05, 4.69) is 10.3 Å². The summed E-state index contributed by atoms with van der Waals surface area (Å²) in [6, 6.07) is 0. The van der Waals surface area contributed by atoms with Crippen molar-refractivity contribution < 1.29 is 0 Å². The molecular formula is C4H8N4. The maximum atomic E-state index is 5.22. The number of hydrogen-bond donors (Lipinski definition) is 1. The van der Waals surface area contributed by atoms with Gasteiger partial charge in [0.25, 0.3) is 0 Å². The van der Waals surface area contributed by atoms with Crippen molar-refractivity contribution >= 4 is 0 Å². The van der Waals surface area contributed by atoms with Gasteiger partial charge in [0.1, 0.15) is 0 Å². The third-order valence-corrected chi connectivity index (χ3v) is 0.840. The van der Waals surface area contributed by atoms with Crippen LogP contribution in [0.3, 0.4) is 0 Å². The molecule has 0 aliphatic rings. The summed E-state index contributed by atoms with van der Waals surface area (Å²) in [4.78, 5) is 0. The average molecular weight is 112 g/mol. The zero-order valence-corrected chi connectivity index (χ0v) is 4.70. The van der Waals surface area contributed by atoms with Crippen molar-refractivity contribution in [3.63, 3.8) is 0 Å². The van der Waals surface area contributed by atoms with Gasteiger partial charge < -0.3 is 5.73 Å². The number of nitrogens with zero attached hydrogens (tertiary/aromatic N) is 3. The Morgan fingerprint density at radius 2 is 2.62 bits per heavy atom. The van der Waals surface area contributed by atoms with Crippen LogP contribution in [0.5, 0.6) is 0 Å². The molecule has 0 aliphatic carbocycles. The molecule has 1 heterocycles. The van der Waals surface area contributed by atoms with Crippen LogP contribution in [-0.2, 0) is 6.67 Å². The molecule has 0 aliphatic heterocycles. The van der Waals surface area contributed by atoms with E-state index < -0.39 is 0 Å². The molecule has 0 amide bonds. The molecule has 0 aromatic carbocycles. The van der Waals surface area contributed by atoms with Gasteiger partial charge in [-0.15, -0.1) is 5.10 Å². The number of aromatic nitrogens is 3. The molecule has 1 aromatic rings. The molecule has 8 heavy (non-hydrogen) atoms. The van der Waals surface area contributed by atoms with Crippen molar-refractivity contribution in [2.75, 3.05) is 0 Å². The van der Waals surface area contributed by atoms with E-state index in [1.165, 1.54) is 0 Å². The fourth-order valence-electron chi connectivity index (χ4n) is 0.485. The van der Waals surface area contributed by atoms with Crippen LogP contribution < -0.4 is 5.73 Å². The van der Waals surface area contributed by atoms with Crippen LogP contribution in [0.2, 0.25) is 0 Å². The van der Waals surface area contributed by atoms with Crippen molar-refractivity contribution in [1.82, 2.24) is 15.0 Å². The second-order valence-corrected chi connectivity index (χ2v) is 1.58. The maximum absolute atomic E-state index is 5.22. The topological polar surface area (TPSA) is 56.7 Å². The van der Waals surface area contributed by atoms with Gasteiger partial charge in [0, 0.05) is 6.20 Å². The van der Waals surface area contributed by atoms with Crippen LogP contribution in [-0.4, -0.2) is 15.0 Å². The summed E-state index contributed by atoms with van der Waals surface area (Å²) < 4.78 is 1.58. The molecule has 0 saturated heterocycles. The molecule has 0 saturated carbocycles. The van der Waals surface area contributed by atoms with E-state index in [-0.39, 0.29) is 0 Å². The van der Waals surface area contributed by atoms with Crippen molar-refractivity contribution in [3.05, 3.63) is 11.9 Å². The zero-order valence-electron chi connectivity index (χ0n) is 4.70. The smallest absolute Gasteiger partial charge is 0.0896 e. The lowest BCUT2D eigenvalue weighted by atomic mass is 10.6. The molecule has 1 aromatic heterocycles. The van der Waals surface area contributed by atoms with E-state index in [4.69, 9.17) is 5.73 Å². The van der Waals surface area contributed by atoms with Crippen LogP contribution in [0.25, 0.3) is 0 Å². The first-order valence-electron chi connectivity index (χ1n) is 2.39. The van der Waals surface area contributed by atoms with Gasteiger partial charge in [0.2, 0.25) is 0 Å². The monoisotopic (exact) mass is 112 g/mol. The molecule has 0 radical (unpaired) electrons. The number of aryl methyl sites for hydroxylation is 1. The van der Waals surface area contributed by atoms with Crippen LogP contribution in [0.4, 0.5) is 0 Å². The number of nitrogens with two attached hydrogens (primary N) is 1. The standard InChI is InChI=1S/C4H8N4/c1-4-2-8(3-5)7-6-4/h2H,3,5H2,1H3. The lowest BCUT2D eigenvalue weighted by Gasteiger charge is -1.86. The summed E-state index contributed by atoms with van der Waals surface area (Å²) in [6.45, 7) is 2.28. The molecule has 44 valence electrons. The van der Waals surface area contributed by atoms with Gasteiger partial charge in [0.05, 0.1) is 12.4 Å². The summed E-state index contributed by atoms with van der Waals surface area (Å²) >= 11 is 0. The molecule has 2 N–H and O–H groups in total. The largest absolute Gasteiger partial charge is 0.312 e. The highest BCUT2D eigenvalue weighted by atomic mass is 15.4. The average Bonchev–Trinajstić information content (AvgIpc) is 2.14. The highest BCUT2D eigenvalue weighted by molar-refractivity contribution is 4.85. The van der Waals surface area contributed by atoms with E-state index in [0.29, 0.717) is 6.67 Å². The van der Waals surface area contributed by atoms with Gasteiger partial charge in [-0.1, -0.05) is 5.21 Å². The van der Waals surface area contributed by atoms with E-state index >= 15 is 0 Å². The van der Waals surface area contributed by atoms with E-state index in [1.54, 1.807) is 10.9 Å². The summed E-state index contributed by atoms with van der Waals surface area (Å²) in [5, 5.41) is 7.40. The van der Waals surface area contributed by atoms with Gasteiger partial charge in [-0.2, -0.15) is 0 Å². The fraction of sp³-hybridized carbons (Fsp3) is 0.500. The third kappa shape index (κ3) is 0.840. The highest BCUT2D eigenvalue weighted by Gasteiger charge is 1.88. The highest BCUT2D eigenvalue weighted by Crippen LogP contribution is 1.84. The van der Waals surface area contributed by atoms with Crippen LogP contribution in [0.15, 0.2) is 6.20 Å². The molecule has 0 bridgehead atoms. The molecule has 0 fully saturated rings. The lowest BCUT2D eigenvalue weighted by molar-refractivity contribution is 0.608. The summed E-state index contributed by atoms with van der Waals surface area (Å²) in [6.07, 6.45) is 1.79. The quantitative estimate of drug-likeness (QED) is 0.533. The first-order valence-corrected chi connectivity index (χ1v) is 2.39. The Morgan fingerprint density at radius 1 is 1.88 bits per heavy atom. The molecule has 4 heteroatoms. The molecule has 1 rings (SSSR count). The maximum Gasteiger partial charge on any atom is 0.0896 e. The molecule has 0 atom stereocenters. The Balaban J connectivity index is 2.84. The first-order chi connectivity index (χ1) is 3.83. The summed E-state index contributed by atoms with van der Waals surface area (Å²) in [5.41, 5.74) is 6.12. The Bertz CT molecular complexity index is 168. The van der Waals surface area contributed by atoms with Gasteiger partial charge in [-0.05, 0) is 6.92 Å². The third-order valence-electron chi connectivity index (χ3n) is 0.840. The second-order valence-electron chi connectivity index (χ2n) is 1.58. The minimum absolute atomic E-state index is 0.404. The summed E-state index contributed by atoms with van der Waals surface area (Å²) in [7, 11) is 0. The second kappa shape index (κ2) is 1.92. The Morgan fingerprint density at radius 3 is 2.88 bits per heavy atom.